The van der Waals surface area contributed by atoms with Gasteiger partial charge in [0.15, 0.2) is 5.13 Å². The molecule has 0 radical (unpaired) electrons. The molecule has 1 aliphatic rings. The molecular weight excluding hydrogens is 494 g/mol. The molecule has 0 saturated heterocycles. The molecule has 0 spiro atoms. The summed E-state index contributed by atoms with van der Waals surface area (Å²) in [7, 11) is 1.95. The van der Waals surface area contributed by atoms with E-state index in [4.69, 9.17) is 10.7 Å². The van der Waals surface area contributed by atoms with Crippen LogP contribution in [0.5, 0.6) is 0 Å². The normalized spacial score (nSPS) is 14.5. The summed E-state index contributed by atoms with van der Waals surface area (Å²) in [5.74, 6) is -0.189. The number of nitrogens with one attached hydrogen (secondary N) is 1. The Morgan fingerprint density at radius 3 is 2.67 bits per heavy atom. The number of nitro groups is 1. The summed E-state index contributed by atoms with van der Waals surface area (Å²) in [6.07, 6.45) is 0.193. The lowest BCUT2D eigenvalue weighted by Crippen LogP contribution is -2.32. The monoisotopic (exact) mass is 517 g/mol. The average molecular weight is 518 g/mol. The third-order valence-electron chi connectivity index (χ3n) is 5.92. The van der Waals surface area contributed by atoms with Crippen molar-refractivity contribution in [3.05, 3.63) is 88.0 Å². The molecule has 0 aliphatic carbocycles. The van der Waals surface area contributed by atoms with Gasteiger partial charge in [-0.25, -0.2) is 4.98 Å². The van der Waals surface area contributed by atoms with E-state index in [0.29, 0.717) is 16.4 Å². The molecule has 3 aromatic carbocycles. The number of aromatic nitrogens is 1. The number of hydrogen-bond acceptors (Lipinski definition) is 8. The van der Waals surface area contributed by atoms with Crippen LogP contribution in [0.3, 0.4) is 0 Å². The highest BCUT2D eigenvalue weighted by molar-refractivity contribution is 8.00. The van der Waals surface area contributed by atoms with Crippen LogP contribution in [0.25, 0.3) is 21.7 Å². The highest BCUT2D eigenvalue weighted by Crippen LogP contribution is 2.42. The number of hydrogen-bond donors (Lipinski definition) is 2. The fraction of sp³-hybridized carbons (Fsp3) is 0.154. The Kier molecular flexibility index (Phi) is 6.48. The lowest BCUT2D eigenvalue weighted by molar-refractivity contribution is -0.384. The van der Waals surface area contributed by atoms with Crippen molar-refractivity contribution in [1.29, 1.82) is 0 Å². The van der Waals surface area contributed by atoms with Gasteiger partial charge in [0.25, 0.3) is 5.69 Å². The van der Waals surface area contributed by atoms with Gasteiger partial charge in [0, 0.05) is 35.2 Å². The molecule has 1 unspecified atom stereocenters. The number of anilines is 2. The molecule has 1 aliphatic heterocycles. The van der Waals surface area contributed by atoms with Crippen molar-refractivity contribution in [2.45, 2.75) is 23.7 Å². The third kappa shape index (κ3) is 4.83. The molecule has 1 aromatic heterocycles. The number of nitro benzene ring substituents is 1. The number of aryl methyl sites for hydroxylation is 1. The lowest BCUT2D eigenvalue weighted by atomic mass is 10.1. The first-order valence-electron chi connectivity index (χ1n) is 11.2. The maximum atomic E-state index is 12.9. The van der Waals surface area contributed by atoms with Crippen LogP contribution >= 0.6 is 23.1 Å². The first kappa shape index (κ1) is 24.0. The number of fused-ring (bicyclic) bond motifs is 1. The van der Waals surface area contributed by atoms with Gasteiger partial charge < -0.3 is 16.0 Å². The van der Waals surface area contributed by atoms with Crippen molar-refractivity contribution in [3.63, 3.8) is 0 Å². The number of nitrogens with two attached hydrogens (primary N) is 1. The van der Waals surface area contributed by atoms with Crippen LogP contribution in [0.15, 0.2) is 71.6 Å². The number of benzene rings is 3. The number of thiazole rings is 1. The van der Waals surface area contributed by atoms with E-state index in [9.17, 15) is 14.9 Å². The largest absolute Gasteiger partial charge is 0.349 e. The van der Waals surface area contributed by atoms with Gasteiger partial charge in [-0.1, -0.05) is 71.1 Å². The van der Waals surface area contributed by atoms with E-state index in [0.717, 1.165) is 32.2 Å². The summed E-state index contributed by atoms with van der Waals surface area (Å²) in [5, 5.41) is 14.7. The lowest BCUT2D eigenvalue weighted by Gasteiger charge is -2.16. The topological polar surface area (TPSA) is 114 Å². The van der Waals surface area contributed by atoms with Gasteiger partial charge in [0.2, 0.25) is 5.91 Å². The minimum Gasteiger partial charge on any atom is -0.349 e. The van der Waals surface area contributed by atoms with Crippen molar-refractivity contribution in [2.75, 3.05) is 17.3 Å². The molecule has 1 amide bonds. The van der Waals surface area contributed by atoms with Crippen LogP contribution in [0.4, 0.5) is 16.5 Å². The molecular formula is C26H23N5O3S2. The molecule has 8 nitrogen and oxygen atoms in total. The van der Waals surface area contributed by atoms with Crippen molar-refractivity contribution < 1.29 is 9.72 Å². The van der Waals surface area contributed by atoms with E-state index in [1.165, 1.54) is 23.5 Å². The van der Waals surface area contributed by atoms with Crippen molar-refractivity contribution in [1.82, 2.24) is 4.98 Å². The number of amides is 1. The zero-order valence-corrected chi connectivity index (χ0v) is 21.2. The fourth-order valence-electron chi connectivity index (χ4n) is 3.99. The second-order valence-corrected chi connectivity index (χ2v) is 10.7. The maximum Gasteiger partial charge on any atom is 0.270 e. The van der Waals surface area contributed by atoms with Crippen LogP contribution < -0.4 is 16.0 Å². The second-order valence-electron chi connectivity index (χ2n) is 8.52. The average Bonchev–Trinajstić information content (AvgIpc) is 3.39. The molecule has 4 aromatic rings. The van der Waals surface area contributed by atoms with Crippen LogP contribution in [-0.4, -0.2) is 28.4 Å². The summed E-state index contributed by atoms with van der Waals surface area (Å²) in [6.45, 7) is 2.00. The van der Waals surface area contributed by atoms with E-state index in [2.05, 4.69) is 5.32 Å². The minimum absolute atomic E-state index is 0.00110. The molecule has 3 N–H and O–H groups in total. The van der Waals surface area contributed by atoms with Crippen LogP contribution in [0.1, 0.15) is 11.1 Å². The molecule has 10 heteroatoms. The molecule has 0 saturated carbocycles. The Morgan fingerprint density at radius 2 is 1.92 bits per heavy atom. The Bertz CT molecular complexity index is 1470. The summed E-state index contributed by atoms with van der Waals surface area (Å²) in [5.41, 5.74) is 11.2. The standard InChI is InChI=1S/C26H23N5O3S2/c1-15-6-9-17(10-7-15)23-24(18-4-3-5-19(14-18)31(33)34)36-26(29-23)28-22(32)13-16-8-11-20-21(12-16)35-25(27)30(20)2/h3-12,14,25H,13,27H2,1-2H3,(H,28,29,32). The number of carbonyl (C=O) groups excluding carboxylic acids is 1. The predicted molar refractivity (Wildman–Crippen MR) is 145 cm³/mol. The number of non-ortho nitro benzene ring substituents is 1. The number of carbonyl (C=O) groups is 1. The quantitative estimate of drug-likeness (QED) is 0.251. The zero-order valence-electron chi connectivity index (χ0n) is 19.6. The van der Waals surface area contributed by atoms with Gasteiger partial charge in [-0.3, -0.25) is 14.9 Å². The summed E-state index contributed by atoms with van der Waals surface area (Å²) >= 11 is 2.86. The van der Waals surface area contributed by atoms with Gasteiger partial charge in [-0.05, 0) is 24.6 Å². The Balaban J connectivity index is 1.43. The number of nitrogens with zero attached hydrogens (tertiary/aromatic N) is 3. The Morgan fingerprint density at radius 1 is 1.14 bits per heavy atom. The molecule has 182 valence electrons. The van der Waals surface area contributed by atoms with E-state index in [1.54, 1.807) is 17.8 Å². The fourth-order valence-corrected chi connectivity index (χ4v) is 6.07. The Labute approximate surface area is 216 Å². The zero-order chi connectivity index (χ0) is 25.4. The summed E-state index contributed by atoms with van der Waals surface area (Å²) < 4.78 is 0. The van der Waals surface area contributed by atoms with Crippen molar-refractivity contribution in [2.24, 2.45) is 5.73 Å². The van der Waals surface area contributed by atoms with Gasteiger partial charge in [-0.15, -0.1) is 0 Å². The van der Waals surface area contributed by atoms with E-state index in [-0.39, 0.29) is 23.5 Å². The van der Waals surface area contributed by atoms with Gasteiger partial charge in [0.05, 0.1) is 27.6 Å². The molecule has 5 rings (SSSR count). The summed E-state index contributed by atoms with van der Waals surface area (Å²) in [4.78, 5) is 32.4. The predicted octanol–water partition coefficient (Wildman–Crippen LogP) is 5.66. The highest BCUT2D eigenvalue weighted by Gasteiger charge is 2.24. The molecule has 36 heavy (non-hydrogen) atoms. The third-order valence-corrected chi connectivity index (χ3v) is 8.07. The van der Waals surface area contributed by atoms with Crippen molar-refractivity contribution in [3.8, 4) is 21.7 Å². The smallest absolute Gasteiger partial charge is 0.270 e. The van der Waals surface area contributed by atoms with E-state index >= 15 is 0 Å². The first-order valence-corrected chi connectivity index (χ1v) is 12.9. The van der Waals surface area contributed by atoms with Crippen LogP contribution in [0.2, 0.25) is 0 Å². The summed E-state index contributed by atoms with van der Waals surface area (Å²) in [6, 6.07) is 20.3. The SMILES string of the molecule is Cc1ccc(-c2nc(NC(=O)Cc3ccc4c(c3)SC(N)N4C)sc2-c2cccc([N+](=O)[O-])c2)cc1. The van der Waals surface area contributed by atoms with Crippen LogP contribution in [-0.2, 0) is 11.2 Å². The number of rotatable bonds is 6. The molecule has 2 heterocycles. The van der Waals surface area contributed by atoms with Gasteiger partial charge >= 0.3 is 0 Å². The molecule has 0 fully saturated rings. The molecule has 1 atom stereocenters. The second kappa shape index (κ2) is 9.73. The minimum atomic E-state index is -0.418. The van der Waals surface area contributed by atoms with Gasteiger partial charge in [0.1, 0.15) is 5.50 Å². The van der Waals surface area contributed by atoms with Gasteiger partial charge in [-0.2, -0.15) is 0 Å². The maximum absolute atomic E-state index is 12.9. The Hall–Kier alpha value is -3.73. The van der Waals surface area contributed by atoms with Crippen molar-refractivity contribution >= 4 is 45.5 Å². The highest BCUT2D eigenvalue weighted by atomic mass is 32.2. The van der Waals surface area contributed by atoms with Crippen LogP contribution in [0, 0.1) is 17.0 Å². The number of thioether (sulfide) groups is 1. The van der Waals surface area contributed by atoms with E-state index < -0.39 is 4.92 Å². The first-order chi connectivity index (χ1) is 17.3. The molecule has 0 bridgehead atoms. The van der Waals surface area contributed by atoms with E-state index in [1.807, 2.05) is 67.4 Å².